The predicted octanol–water partition coefficient (Wildman–Crippen LogP) is 2.91. The summed E-state index contributed by atoms with van der Waals surface area (Å²) in [5, 5.41) is 7.90. The van der Waals surface area contributed by atoms with Crippen LogP contribution in [0.25, 0.3) is 16.8 Å². The molecular weight excluding hydrogens is 346 g/mol. The number of rotatable bonds is 5. The summed E-state index contributed by atoms with van der Waals surface area (Å²) in [4.78, 5) is 20.9. The summed E-state index contributed by atoms with van der Waals surface area (Å²) in [6, 6.07) is 10.6. The van der Waals surface area contributed by atoms with Gasteiger partial charge >= 0.3 is 0 Å². The quantitative estimate of drug-likeness (QED) is 0.586. The Morgan fingerprint density at radius 1 is 1.30 bits per heavy atom. The molecule has 0 unspecified atom stereocenters. The first-order chi connectivity index (χ1) is 13.2. The second-order valence-electron chi connectivity index (χ2n) is 5.94. The van der Waals surface area contributed by atoms with E-state index in [2.05, 4.69) is 20.4 Å². The lowest BCUT2D eigenvalue weighted by Gasteiger charge is -2.13. The van der Waals surface area contributed by atoms with Crippen LogP contribution in [0.4, 0.5) is 0 Å². The van der Waals surface area contributed by atoms with Gasteiger partial charge in [0.05, 0.1) is 18.7 Å². The fourth-order valence-electron chi connectivity index (χ4n) is 2.85. The first-order valence-corrected chi connectivity index (χ1v) is 8.34. The maximum Gasteiger partial charge on any atom is 0.255 e. The van der Waals surface area contributed by atoms with E-state index in [1.807, 2.05) is 31.2 Å². The Morgan fingerprint density at radius 3 is 2.96 bits per heavy atom. The van der Waals surface area contributed by atoms with Crippen molar-refractivity contribution in [3.05, 3.63) is 66.6 Å². The van der Waals surface area contributed by atoms with Gasteiger partial charge in [0.1, 0.15) is 18.4 Å². The van der Waals surface area contributed by atoms with Crippen molar-refractivity contribution < 1.29 is 13.9 Å². The Kier molecular flexibility index (Phi) is 4.29. The van der Waals surface area contributed by atoms with Crippen molar-refractivity contribution in [3.8, 4) is 11.6 Å². The van der Waals surface area contributed by atoms with E-state index < -0.39 is 0 Å². The minimum atomic E-state index is -0.349. The molecule has 4 aromatic rings. The fraction of sp³-hybridized carbons (Fsp3) is 0.158. The predicted molar refractivity (Wildman–Crippen MR) is 97.8 cm³/mol. The summed E-state index contributed by atoms with van der Waals surface area (Å²) >= 11 is 0. The molecule has 0 aliphatic rings. The van der Waals surface area contributed by atoms with E-state index in [4.69, 9.17) is 9.15 Å². The molecule has 3 heterocycles. The van der Waals surface area contributed by atoms with E-state index in [0.717, 1.165) is 5.39 Å². The van der Waals surface area contributed by atoms with E-state index in [1.54, 1.807) is 25.4 Å². The van der Waals surface area contributed by atoms with Crippen LogP contribution >= 0.6 is 0 Å². The number of carbonyl (C=O) groups excluding carboxylic acids is 1. The van der Waals surface area contributed by atoms with Crippen molar-refractivity contribution in [1.29, 1.82) is 0 Å². The van der Waals surface area contributed by atoms with Crippen molar-refractivity contribution >= 4 is 16.9 Å². The average Bonchev–Trinajstić information content (AvgIpc) is 3.37. The zero-order valence-electron chi connectivity index (χ0n) is 14.8. The van der Waals surface area contributed by atoms with Gasteiger partial charge < -0.3 is 14.5 Å². The van der Waals surface area contributed by atoms with Gasteiger partial charge in [-0.25, -0.2) is 14.6 Å². The number of aromatic nitrogens is 4. The third kappa shape index (κ3) is 3.12. The molecule has 1 aromatic carbocycles. The molecule has 136 valence electrons. The largest absolute Gasteiger partial charge is 0.493 e. The Balaban J connectivity index is 1.61. The van der Waals surface area contributed by atoms with Gasteiger partial charge in [-0.05, 0) is 31.2 Å². The Hall–Kier alpha value is -3.68. The molecule has 1 atom stereocenters. The number of nitrogens with one attached hydrogen (secondary N) is 1. The first kappa shape index (κ1) is 16.8. The van der Waals surface area contributed by atoms with Crippen LogP contribution in [0.1, 0.15) is 29.1 Å². The maximum absolute atomic E-state index is 12.8. The number of furan rings is 1. The number of hydrogen-bond donors (Lipinski definition) is 1. The summed E-state index contributed by atoms with van der Waals surface area (Å²) in [6.45, 7) is 1.85. The van der Waals surface area contributed by atoms with Gasteiger partial charge in [-0.1, -0.05) is 12.1 Å². The van der Waals surface area contributed by atoms with Gasteiger partial charge in [-0.15, -0.1) is 0 Å². The molecule has 4 rings (SSSR count). The summed E-state index contributed by atoms with van der Waals surface area (Å²) in [5.41, 5.74) is 1.05. The molecular formula is C19H17N5O3. The van der Waals surface area contributed by atoms with Crippen LogP contribution in [0.15, 0.2) is 59.7 Å². The van der Waals surface area contributed by atoms with Crippen molar-refractivity contribution in [2.24, 2.45) is 0 Å². The number of ether oxygens (including phenoxy) is 1. The van der Waals surface area contributed by atoms with Gasteiger partial charge in [-0.3, -0.25) is 4.79 Å². The fourth-order valence-corrected chi connectivity index (χ4v) is 2.85. The van der Waals surface area contributed by atoms with Crippen LogP contribution in [0.3, 0.4) is 0 Å². The second kappa shape index (κ2) is 6.91. The van der Waals surface area contributed by atoms with Crippen LogP contribution < -0.4 is 10.1 Å². The molecule has 8 heteroatoms. The van der Waals surface area contributed by atoms with E-state index in [-0.39, 0.29) is 11.9 Å². The van der Waals surface area contributed by atoms with Crippen LogP contribution in [0.2, 0.25) is 0 Å². The molecule has 0 saturated heterocycles. The smallest absolute Gasteiger partial charge is 0.255 e. The summed E-state index contributed by atoms with van der Waals surface area (Å²) < 4.78 is 12.7. The minimum absolute atomic E-state index is 0.284. The monoisotopic (exact) mass is 363 g/mol. The average molecular weight is 363 g/mol. The molecule has 0 radical (unpaired) electrons. The lowest BCUT2D eigenvalue weighted by Crippen LogP contribution is -2.27. The number of carbonyl (C=O) groups is 1. The molecule has 8 nitrogen and oxygen atoms in total. The number of benzene rings is 1. The van der Waals surface area contributed by atoms with Crippen molar-refractivity contribution in [3.63, 3.8) is 0 Å². The van der Waals surface area contributed by atoms with E-state index in [1.165, 1.54) is 17.3 Å². The Morgan fingerprint density at radius 2 is 2.19 bits per heavy atom. The molecule has 0 aliphatic heterocycles. The highest BCUT2D eigenvalue weighted by molar-refractivity contribution is 5.97. The van der Waals surface area contributed by atoms with Gasteiger partial charge in [0, 0.05) is 11.6 Å². The first-order valence-electron chi connectivity index (χ1n) is 8.34. The number of methoxy groups -OCH3 is 1. The van der Waals surface area contributed by atoms with Gasteiger partial charge in [0.2, 0.25) is 0 Å². The number of nitrogens with zero attached hydrogens (tertiary/aromatic N) is 4. The third-order valence-electron chi connectivity index (χ3n) is 4.19. The van der Waals surface area contributed by atoms with Gasteiger partial charge in [0.25, 0.3) is 5.91 Å². The number of amides is 1. The molecule has 0 aliphatic carbocycles. The van der Waals surface area contributed by atoms with Crippen molar-refractivity contribution in [1.82, 2.24) is 25.1 Å². The molecule has 1 amide bonds. The van der Waals surface area contributed by atoms with E-state index in [0.29, 0.717) is 28.5 Å². The minimum Gasteiger partial charge on any atom is -0.493 e. The van der Waals surface area contributed by atoms with Crippen LogP contribution in [0, 0.1) is 0 Å². The molecule has 0 bridgehead atoms. The molecule has 1 N–H and O–H groups in total. The normalized spacial score (nSPS) is 12.1. The summed E-state index contributed by atoms with van der Waals surface area (Å²) in [5.74, 6) is 1.41. The Labute approximate surface area is 154 Å². The highest BCUT2D eigenvalue weighted by Gasteiger charge is 2.20. The van der Waals surface area contributed by atoms with Gasteiger partial charge in [0.15, 0.2) is 17.2 Å². The number of pyridine rings is 1. The number of para-hydroxylation sites is 1. The summed E-state index contributed by atoms with van der Waals surface area (Å²) in [7, 11) is 1.59. The van der Waals surface area contributed by atoms with Gasteiger partial charge in [-0.2, -0.15) is 5.10 Å². The Bertz CT molecular complexity index is 1090. The molecule has 0 spiro atoms. The number of hydrogen-bond acceptors (Lipinski definition) is 6. The lowest BCUT2D eigenvalue weighted by molar-refractivity contribution is 0.0935. The van der Waals surface area contributed by atoms with Crippen LogP contribution in [-0.4, -0.2) is 32.8 Å². The van der Waals surface area contributed by atoms with Crippen LogP contribution in [0.5, 0.6) is 5.75 Å². The lowest BCUT2D eigenvalue weighted by atomic mass is 10.2. The topological polar surface area (TPSA) is 95.1 Å². The SMILES string of the molecule is COc1cccc2cc([C@@H](C)NC(=O)c3cccnc3-n3cncn3)oc12. The van der Waals surface area contributed by atoms with Crippen molar-refractivity contribution in [2.45, 2.75) is 13.0 Å². The zero-order chi connectivity index (χ0) is 18.8. The number of fused-ring (bicyclic) bond motifs is 1. The third-order valence-corrected chi connectivity index (χ3v) is 4.19. The van der Waals surface area contributed by atoms with Crippen LogP contribution in [-0.2, 0) is 0 Å². The van der Waals surface area contributed by atoms with Crippen molar-refractivity contribution in [2.75, 3.05) is 7.11 Å². The summed E-state index contributed by atoms with van der Waals surface area (Å²) in [6.07, 6.45) is 4.48. The molecule has 0 saturated carbocycles. The molecule has 0 fully saturated rings. The maximum atomic E-state index is 12.8. The highest BCUT2D eigenvalue weighted by Crippen LogP contribution is 2.31. The standard InChI is InChI=1S/C19H17N5O3/c1-12(16-9-13-5-3-7-15(26-2)17(13)27-16)23-19(25)14-6-4-8-21-18(14)24-11-20-10-22-24/h3-12H,1-2H3,(H,23,25)/t12-/m1/s1. The van der Waals surface area contributed by atoms with E-state index >= 15 is 0 Å². The highest BCUT2D eigenvalue weighted by atomic mass is 16.5. The second-order valence-corrected chi connectivity index (χ2v) is 5.94. The zero-order valence-corrected chi connectivity index (χ0v) is 14.8. The van der Waals surface area contributed by atoms with E-state index in [9.17, 15) is 4.79 Å². The molecule has 27 heavy (non-hydrogen) atoms. The molecule has 3 aromatic heterocycles.